The van der Waals surface area contributed by atoms with E-state index in [4.69, 9.17) is 10.5 Å². The van der Waals surface area contributed by atoms with E-state index in [2.05, 4.69) is 16.0 Å². The van der Waals surface area contributed by atoms with Crippen molar-refractivity contribution in [3.8, 4) is 0 Å². The molecule has 1 heterocycles. The minimum Gasteiger partial charge on any atom is -0.460 e. The largest absolute Gasteiger partial charge is 0.460 e. The summed E-state index contributed by atoms with van der Waals surface area (Å²) in [7, 11) is 0. The quantitative estimate of drug-likeness (QED) is 0.185. The molecule has 0 aromatic heterocycles. The average Bonchev–Trinajstić information content (AvgIpc) is 3.54. The summed E-state index contributed by atoms with van der Waals surface area (Å²) in [5.41, 5.74) is 6.79. The fourth-order valence-electron chi connectivity index (χ4n) is 6.67. The molecule has 5 amide bonds. The van der Waals surface area contributed by atoms with Gasteiger partial charge in [-0.05, 0) is 53.1 Å². The lowest BCUT2D eigenvalue weighted by Crippen LogP contribution is -2.61. The van der Waals surface area contributed by atoms with Gasteiger partial charge in [-0.1, -0.05) is 85.6 Å². The molecule has 0 radical (unpaired) electrons. The van der Waals surface area contributed by atoms with Gasteiger partial charge in [0.15, 0.2) is 0 Å². The van der Waals surface area contributed by atoms with Crippen LogP contribution in [0.2, 0.25) is 0 Å². The van der Waals surface area contributed by atoms with E-state index >= 15 is 0 Å². The maximum atomic E-state index is 14.3. The highest BCUT2D eigenvalue weighted by atomic mass is 16.5. The van der Waals surface area contributed by atoms with Crippen LogP contribution in [0.5, 0.6) is 0 Å². The van der Waals surface area contributed by atoms with E-state index < -0.39 is 65.1 Å². The molecular formula is C36H53N5O7. The Morgan fingerprint density at radius 3 is 2.04 bits per heavy atom. The standard InChI is InChI=1S/C36H53N5O7/c1-19(2)24-17-27(32(44)38-26(14-21-12-13-21)29(42)31(37)43)41(18-24)33(45)30(36(5,6)7)40-35(47)39-28(20(3)4)34(46)48-25-15-22-10-8-9-11-23(22)16-25/h8-11,19-21,24-28,30H,12-18H2,1-7H3,(H2,37,43)(H,38,44)(H2,39,40,47)/t24-,26?,27+,28+,30-/m1/s1. The second-order valence-electron chi connectivity index (χ2n) is 15.6. The molecule has 48 heavy (non-hydrogen) atoms. The summed E-state index contributed by atoms with van der Waals surface area (Å²) < 4.78 is 5.83. The van der Waals surface area contributed by atoms with Crippen molar-refractivity contribution in [2.45, 2.75) is 117 Å². The molecule has 2 aliphatic carbocycles. The molecule has 3 aliphatic rings. The topological polar surface area (TPSA) is 177 Å². The predicted molar refractivity (Wildman–Crippen MR) is 179 cm³/mol. The third-order valence-corrected chi connectivity index (χ3v) is 9.90. The molecule has 1 aromatic rings. The van der Waals surface area contributed by atoms with Crippen molar-refractivity contribution in [2.75, 3.05) is 6.54 Å². The van der Waals surface area contributed by atoms with Gasteiger partial charge in [-0.25, -0.2) is 9.59 Å². The van der Waals surface area contributed by atoms with Crippen molar-refractivity contribution < 1.29 is 33.5 Å². The van der Waals surface area contributed by atoms with Crippen LogP contribution >= 0.6 is 0 Å². The second kappa shape index (κ2) is 15.1. The average molecular weight is 668 g/mol. The number of urea groups is 1. The van der Waals surface area contributed by atoms with E-state index in [1.54, 1.807) is 13.8 Å². The summed E-state index contributed by atoms with van der Waals surface area (Å²) in [5, 5.41) is 8.26. The Morgan fingerprint density at radius 2 is 1.54 bits per heavy atom. The number of fused-ring (bicyclic) bond motifs is 1. The molecule has 5 atom stereocenters. The van der Waals surface area contributed by atoms with Crippen LogP contribution in [0.1, 0.15) is 85.3 Å². The summed E-state index contributed by atoms with van der Waals surface area (Å²) in [4.78, 5) is 80.6. The van der Waals surface area contributed by atoms with Crippen LogP contribution in [-0.4, -0.2) is 77.2 Å². The third-order valence-electron chi connectivity index (χ3n) is 9.90. The third kappa shape index (κ3) is 9.14. The number of primary amides is 1. The van der Waals surface area contributed by atoms with Crippen LogP contribution in [-0.2, 0) is 41.6 Å². The van der Waals surface area contributed by atoms with Crippen molar-refractivity contribution in [1.82, 2.24) is 20.9 Å². The molecule has 12 nitrogen and oxygen atoms in total. The molecule has 12 heteroatoms. The Morgan fingerprint density at radius 1 is 0.938 bits per heavy atom. The Labute approximate surface area is 283 Å². The smallest absolute Gasteiger partial charge is 0.329 e. The zero-order valence-corrected chi connectivity index (χ0v) is 29.3. The minimum atomic E-state index is -1.11. The number of nitrogens with two attached hydrogens (primary N) is 1. The number of benzene rings is 1. The highest BCUT2D eigenvalue weighted by molar-refractivity contribution is 6.37. The predicted octanol–water partition coefficient (Wildman–Crippen LogP) is 2.65. The summed E-state index contributed by atoms with van der Waals surface area (Å²) in [6, 6.07) is 3.28. The first-order valence-corrected chi connectivity index (χ1v) is 17.2. The van der Waals surface area contributed by atoms with Crippen molar-refractivity contribution in [3.63, 3.8) is 0 Å². The number of carbonyl (C=O) groups excluding carboxylic acids is 6. The van der Waals surface area contributed by atoms with Gasteiger partial charge in [-0.3, -0.25) is 19.2 Å². The number of esters is 1. The minimum absolute atomic E-state index is 0.00492. The van der Waals surface area contributed by atoms with Gasteiger partial charge in [0, 0.05) is 19.4 Å². The lowest BCUT2D eigenvalue weighted by molar-refractivity contribution is -0.152. The van der Waals surface area contributed by atoms with E-state index in [1.165, 1.54) is 4.90 Å². The molecule has 1 unspecified atom stereocenters. The Hall–Kier alpha value is -3.96. The number of amides is 5. The van der Waals surface area contributed by atoms with Gasteiger partial charge >= 0.3 is 12.0 Å². The lowest BCUT2D eigenvalue weighted by atomic mass is 9.85. The number of Topliss-reactive ketones (excluding diaryl/α,β-unsaturated/α-hetero) is 1. The van der Waals surface area contributed by atoms with Gasteiger partial charge < -0.3 is 31.3 Å². The number of ether oxygens (including phenoxy) is 1. The molecule has 1 saturated heterocycles. The van der Waals surface area contributed by atoms with Gasteiger partial charge in [0.05, 0.1) is 6.04 Å². The van der Waals surface area contributed by atoms with Crippen LogP contribution in [0.15, 0.2) is 24.3 Å². The van der Waals surface area contributed by atoms with Gasteiger partial charge in [-0.2, -0.15) is 0 Å². The first-order valence-electron chi connectivity index (χ1n) is 17.2. The summed E-state index contributed by atoms with van der Waals surface area (Å²) in [6.45, 7) is 13.4. The maximum Gasteiger partial charge on any atom is 0.329 e. The van der Waals surface area contributed by atoms with E-state index in [1.807, 2.05) is 58.9 Å². The molecule has 0 spiro atoms. The van der Waals surface area contributed by atoms with Gasteiger partial charge in [-0.15, -0.1) is 0 Å². The lowest BCUT2D eigenvalue weighted by Gasteiger charge is -2.36. The van der Waals surface area contributed by atoms with Gasteiger partial charge in [0.25, 0.3) is 5.91 Å². The van der Waals surface area contributed by atoms with E-state index in [0.717, 1.165) is 24.0 Å². The number of nitrogens with one attached hydrogen (secondary N) is 3. The van der Waals surface area contributed by atoms with Crippen LogP contribution in [0, 0.1) is 29.1 Å². The molecule has 1 saturated carbocycles. The number of hydrogen-bond donors (Lipinski definition) is 4. The first kappa shape index (κ1) is 36.9. The molecule has 264 valence electrons. The summed E-state index contributed by atoms with van der Waals surface area (Å²) in [6.07, 6.45) is 3.41. The van der Waals surface area contributed by atoms with E-state index in [0.29, 0.717) is 25.7 Å². The van der Waals surface area contributed by atoms with Crippen molar-refractivity contribution in [2.24, 2.45) is 34.8 Å². The number of hydrogen-bond acceptors (Lipinski definition) is 7. The SMILES string of the molecule is CC(C)[C@@H]1C[C@@H](C(=O)NC(CC2CC2)C(=O)C(N)=O)N(C(=O)[C@@H](NC(=O)N[C@H](C(=O)OC2Cc3ccccc3C2)C(C)C)C(C)(C)C)C1. The summed E-state index contributed by atoms with van der Waals surface area (Å²) >= 11 is 0. The zero-order valence-electron chi connectivity index (χ0n) is 29.3. The molecule has 1 aliphatic heterocycles. The molecule has 2 fully saturated rings. The van der Waals surface area contributed by atoms with Crippen molar-refractivity contribution in [1.29, 1.82) is 0 Å². The summed E-state index contributed by atoms with van der Waals surface area (Å²) in [5.74, 6) is -3.39. The fourth-order valence-corrected chi connectivity index (χ4v) is 6.67. The number of likely N-dealkylation sites (tertiary alicyclic amines) is 1. The first-order chi connectivity index (χ1) is 22.5. The number of carbonyl (C=O) groups is 6. The van der Waals surface area contributed by atoms with Gasteiger partial charge in [0.1, 0.15) is 24.2 Å². The normalized spacial score (nSPS) is 21.3. The molecule has 0 bridgehead atoms. The molecule has 1 aromatic carbocycles. The van der Waals surface area contributed by atoms with Crippen LogP contribution in [0.25, 0.3) is 0 Å². The number of rotatable bonds is 13. The van der Waals surface area contributed by atoms with E-state index in [9.17, 15) is 28.8 Å². The number of nitrogens with zero attached hydrogens (tertiary/aromatic N) is 1. The monoisotopic (exact) mass is 667 g/mol. The molecule has 5 N–H and O–H groups in total. The van der Waals surface area contributed by atoms with Gasteiger partial charge in [0.2, 0.25) is 17.6 Å². The molecular weight excluding hydrogens is 614 g/mol. The van der Waals surface area contributed by atoms with Crippen LogP contribution < -0.4 is 21.7 Å². The number of ketones is 1. The maximum absolute atomic E-state index is 14.3. The fraction of sp³-hybridized carbons (Fsp3) is 0.667. The van der Waals surface area contributed by atoms with E-state index in [-0.39, 0.29) is 36.3 Å². The van der Waals surface area contributed by atoms with Crippen LogP contribution in [0.4, 0.5) is 4.79 Å². The second-order valence-corrected chi connectivity index (χ2v) is 15.6. The highest BCUT2D eigenvalue weighted by Crippen LogP contribution is 2.35. The Bertz CT molecular complexity index is 1370. The Balaban J connectivity index is 1.46. The molecule has 4 rings (SSSR count). The zero-order chi connectivity index (χ0) is 35.5. The highest BCUT2D eigenvalue weighted by Gasteiger charge is 2.46. The van der Waals surface area contributed by atoms with Crippen molar-refractivity contribution in [3.05, 3.63) is 35.4 Å². The van der Waals surface area contributed by atoms with Crippen molar-refractivity contribution >= 4 is 35.5 Å². The Kier molecular flexibility index (Phi) is 11.6. The van der Waals surface area contributed by atoms with Crippen LogP contribution in [0.3, 0.4) is 0 Å².